The number of anilines is 1. The molecule has 23 heavy (non-hydrogen) atoms. The van der Waals surface area contributed by atoms with Crippen molar-refractivity contribution in [1.82, 2.24) is 20.2 Å². The predicted molar refractivity (Wildman–Crippen MR) is 86.2 cm³/mol. The highest BCUT2D eigenvalue weighted by Crippen LogP contribution is 2.17. The van der Waals surface area contributed by atoms with Crippen molar-refractivity contribution >= 4 is 5.95 Å². The second-order valence-corrected chi connectivity index (χ2v) is 4.75. The Labute approximate surface area is 132 Å². The standard InChI is InChI=1S/C16H15N5O2/c1-23-13-7-5-11(6-8-13)14-15(22)19-16(21-20-14)18-10-12-4-2-3-9-17-12/h2-9H,10H2,1H3,(H2,18,19,21,22). The van der Waals surface area contributed by atoms with Gasteiger partial charge in [-0.05, 0) is 36.4 Å². The molecule has 2 N–H and O–H groups in total. The predicted octanol–water partition coefficient (Wildman–Crippen LogP) is 1.85. The van der Waals surface area contributed by atoms with E-state index in [4.69, 9.17) is 4.74 Å². The van der Waals surface area contributed by atoms with Crippen LogP contribution in [0.15, 0.2) is 53.5 Å². The van der Waals surface area contributed by atoms with Crippen molar-refractivity contribution in [3.8, 4) is 17.0 Å². The number of methoxy groups -OCH3 is 1. The van der Waals surface area contributed by atoms with Gasteiger partial charge in [0.2, 0.25) is 5.95 Å². The van der Waals surface area contributed by atoms with Gasteiger partial charge >= 0.3 is 0 Å². The van der Waals surface area contributed by atoms with Crippen molar-refractivity contribution in [1.29, 1.82) is 0 Å². The molecule has 0 fully saturated rings. The fraction of sp³-hybridized carbons (Fsp3) is 0.125. The first-order valence-corrected chi connectivity index (χ1v) is 7.01. The van der Waals surface area contributed by atoms with Crippen molar-refractivity contribution in [2.45, 2.75) is 6.54 Å². The van der Waals surface area contributed by atoms with Crippen LogP contribution in [-0.2, 0) is 6.54 Å². The summed E-state index contributed by atoms with van der Waals surface area (Å²) in [5.74, 6) is 1.02. The van der Waals surface area contributed by atoms with E-state index in [1.165, 1.54) is 0 Å². The number of pyridine rings is 1. The van der Waals surface area contributed by atoms with Crippen LogP contribution < -0.4 is 15.6 Å². The third kappa shape index (κ3) is 3.52. The van der Waals surface area contributed by atoms with Crippen LogP contribution in [0.4, 0.5) is 5.95 Å². The number of rotatable bonds is 5. The second-order valence-electron chi connectivity index (χ2n) is 4.75. The molecule has 0 unspecified atom stereocenters. The van der Waals surface area contributed by atoms with Gasteiger partial charge in [0, 0.05) is 11.8 Å². The van der Waals surface area contributed by atoms with Crippen LogP contribution in [0.5, 0.6) is 5.75 Å². The molecule has 0 amide bonds. The summed E-state index contributed by atoms with van der Waals surface area (Å²) in [5, 5.41) is 11.0. The molecule has 2 heterocycles. The van der Waals surface area contributed by atoms with Crippen LogP contribution in [0.1, 0.15) is 5.69 Å². The van der Waals surface area contributed by atoms with Crippen molar-refractivity contribution in [3.05, 3.63) is 64.7 Å². The maximum atomic E-state index is 12.2. The molecule has 3 aromatic rings. The largest absolute Gasteiger partial charge is 0.497 e. The lowest BCUT2D eigenvalue weighted by molar-refractivity contribution is 0.415. The van der Waals surface area contributed by atoms with Gasteiger partial charge in [-0.25, -0.2) is 0 Å². The van der Waals surface area contributed by atoms with E-state index in [9.17, 15) is 4.79 Å². The van der Waals surface area contributed by atoms with Gasteiger partial charge < -0.3 is 10.1 Å². The summed E-state index contributed by atoms with van der Waals surface area (Å²) in [6, 6.07) is 12.7. The molecule has 0 spiro atoms. The summed E-state index contributed by atoms with van der Waals surface area (Å²) in [6.45, 7) is 0.452. The number of hydrogen-bond donors (Lipinski definition) is 2. The monoisotopic (exact) mass is 309 g/mol. The fourth-order valence-electron chi connectivity index (χ4n) is 2.03. The lowest BCUT2D eigenvalue weighted by Crippen LogP contribution is -2.17. The molecule has 0 aliphatic heterocycles. The third-order valence-electron chi connectivity index (χ3n) is 3.22. The maximum absolute atomic E-state index is 12.2. The molecule has 0 aliphatic rings. The van der Waals surface area contributed by atoms with Crippen LogP contribution in [0.2, 0.25) is 0 Å². The molecule has 2 aromatic heterocycles. The van der Waals surface area contributed by atoms with Gasteiger partial charge in [0.25, 0.3) is 5.56 Å². The van der Waals surface area contributed by atoms with E-state index >= 15 is 0 Å². The first-order valence-electron chi connectivity index (χ1n) is 7.01. The summed E-state index contributed by atoms with van der Waals surface area (Å²) >= 11 is 0. The van der Waals surface area contributed by atoms with Crippen LogP contribution in [0, 0.1) is 0 Å². The van der Waals surface area contributed by atoms with E-state index in [2.05, 4.69) is 25.5 Å². The molecule has 7 heteroatoms. The molecule has 0 saturated heterocycles. The van der Waals surface area contributed by atoms with Crippen LogP contribution >= 0.6 is 0 Å². The van der Waals surface area contributed by atoms with E-state index < -0.39 is 0 Å². The number of H-pyrrole nitrogens is 1. The van der Waals surface area contributed by atoms with Gasteiger partial charge in [0.15, 0.2) is 5.69 Å². The third-order valence-corrected chi connectivity index (χ3v) is 3.22. The van der Waals surface area contributed by atoms with E-state index in [1.54, 1.807) is 37.6 Å². The fourth-order valence-corrected chi connectivity index (χ4v) is 2.03. The Hall–Kier alpha value is -3.22. The molecule has 1 aromatic carbocycles. The van der Waals surface area contributed by atoms with Crippen molar-refractivity contribution in [2.24, 2.45) is 0 Å². The zero-order chi connectivity index (χ0) is 16.1. The molecular formula is C16H15N5O2. The van der Waals surface area contributed by atoms with Crippen LogP contribution in [0.25, 0.3) is 11.3 Å². The van der Waals surface area contributed by atoms with Crippen molar-refractivity contribution < 1.29 is 4.74 Å². The zero-order valence-electron chi connectivity index (χ0n) is 12.5. The Balaban J connectivity index is 1.76. The average Bonchev–Trinajstić information content (AvgIpc) is 2.61. The molecular weight excluding hydrogens is 294 g/mol. The van der Waals surface area contributed by atoms with Gasteiger partial charge in [0.05, 0.1) is 19.3 Å². The molecule has 0 saturated carbocycles. The summed E-state index contributed by atoms with van der Waals surface area (Å²) in [4.78, 5) is 19.0. The number of hydrogen-bond acceptors (Lipinski definition) is 6. The lowest BCUT2D eigenvalue weighted by atomic mass is 10.1. The Morgan fingerprint density at radius 2 is 1.96 bits per heavy atom. The van der Waals surface area contributed by atoms with Crippen molar-refractivity contribution in [3.63, 3.8) is 0 Å². The summed E-state index contributed by atoms with van der Waals surface area (Å²) < 4.78 is 5.09. The SMILES string of the molecule is COc1ccc(-c2nnc(NCc3ccccn3)[nH]c2=O)cc1. The minimum Gasteiger partial charge on any atom is -0.497 e. The molecule has 3 rings (SSSR count). The highest BCUT2D eigenvalue weighted by atomic mass is 16.5. The van der Waals surface area contributed by atoms with E-state index in [1.807, 2.05) is 18.2 Å². The van der Waals surface area contributed by atoms with Gasteiger partial charge in [0.1, 0.15) is 5.75 Å². The van der Waals surface area contributed by atoms with Crippen LogP contribution in [-0.4, -0.2) is 27.3 Å². The lowest BCUT2D eigenvalue weighted by Gasteiger charge is -2.05. The number of aromatic amines is 1. The number of benzene rings is 1. The smallest absolute Gasteiger partial charge is 0.279 e. The molecule has 0 radical (unpaired) electrons. The Bertz CT molecular complexity index is 831. The minimum atomic E-state index is -0.311. The normalized spacial score (nSPS) is 10.3. The highest BCUT2D eigenvalue weighted by Gasteiger charge is 2.08. The van der Waals surface area contributed by atoms with Crippen molar-refractivity contribution in [2.75, 3.05) is 12.4 Å². The number of ether oxygens (including phenoxy) is 1. The summed E-state index contributed by atoms with van der Waals surface area (Å²) in [5.41, 5.74) is 1.47. The average molecular weight is 309 g/mol. The minimum absolute atomic E-state index is 0.260. The van der Waals surface area contributed by atoms with E-state index in [0.29, 0.717) is 23.8 Å². The zero-order valence-corrected chi connectivity index (χ0v) is 12.5. The Kier molecular flexibility index (Phi) is 4.28. The summed E-state index contributed by atoms with van der Waals surface area (Å²) in [6.07, 6.45) is 1.71. The molecule has 7 nitrogen and oxygen atoms in total. The highest BCUT2D eigenvalue weighted by molar-refractivity contribution is 5.58. The van der Waals surface area contributed by atoms with Gasteiger partial charge in [-0.1, -0.05) is 6.07 Å². The number of aromatic nitrogens is 4. The quantitative estimate of drug-likeness (QED) is 0.747. The Morgan fingerprint density at radius 3 is 2.61 bits per heavy atom. The van der Waals surface area contributed by atoms with Gasteiger partial charge in [-0.3, -0.25) is 14.8 Å². The first-order chi connectivity index (χ1) is 11.3. The van der Waals surface area contributed by atoms with E-state index in [-0.39, 0.29) is 11.3 Å². The van der Waals surface area contributed by atoms with Crippen LogP contribution in [0.3, 0.4) is 0 Å². The maximum Gasteiger partial charge on any atom is 0.279 e. The topological polar surface area (TPSA) is 92.8 Å². The number of nitrogens with one attached hydrogen (secondary N) is 2. The first kappa shape index (κ1) is 14.7. The second kappa shape index (κ2) is 6.69. The molecule has 0 aliphatic carbocycles. The Morgan fingerprint density at radius 1 is 1.13 bits per heavy atom. The summed E-state index contributed by atoms with van der Waals surface area (Å²) in [7, 11) is 1.59. The number of nitrogens with zero attached hydrogens (tertiary/aromatic N) is 3. The van der Waals surface area contributed by atoms with Gasteiger partial charge in [-0.2, -0.15) is 0 Å². The van der Waals surface area contributed by atoms with Gasteiger partial charge in [-0.15, -0.1) is 10.2 Å². The van der Waals surface area contributed by atoms with E-state index in [0.717, 1.165) is 5.69 Å². The molecule has 116 valence electrons. The molecule has 0 bridgehead atoms. The molecule has 0 atom stereocenters.